The first kappa shape index (κ1) is 22.6. The number of para-hydroxylation sites is 1. The van der Waals surface area contributed by atoms with Gasteiger partial charge < -0.3 is 9.88 Å². The summed E-state index contributed by atoms with van der Waals surface area (Å²) in [5, 5.41) is 2.93. The van der Waals surface area contributed by atoms with Gasteiger partial charge in [0.25, 0.3) is 0 Å². The number of hydrogen-bond donors (Lipinski definition) is 1. The lowest BCUT2D eigenvalue weighted by Gasteiger charge is -2.30. The van der Waals surface area contributed by atoms with Gasteiger partial charge in [0.05, 0.1) is 17.6 Å². The first-order valence-electron chi connectivity index (χ1n) is 10.1. The maximum Gasteiger partial charge on any atom is 0.244 e. The second-order valence-electron chi connectivity index (χ2n) is 7.51. The molecule has 0 saturated heterocycles. The van der Waals surface area contributed by atoms with Gasteiger partial charge in [0, 0.05) is 18.9 Å². The molecule has 7 nitrogen and oxygen atoms in total. The van der Waals surface area contributed by atoms with Gasteiger partial charge >= 0.3 is 0 Å². The molecule has 164 valence electrons. The number of carbonyl (C=O) groups excluding carboxylic acids is 1. The van der Waals surface area contributed by atoms with E-state index in [4.69, 9.17) is 0 Å². The highest BCUT2D eigenvalue weighted by Crippen LogP contribution is 2.23. The number of hydrogen-bond acceptors (Lipinski definition) is 4. The second kappa shape index (κ2) is 9.34. The number of nitrogens with zero attached hydrogens (tertiary/aromatic N) is 3. The Morgan fingerprint density at radius 1 is 1.13 bits per heavy atom. The number of amides is 1. The fourth-order valence-corrected chi connectivity index (χ4v) is 4.79. The van der Waals surface area contributed by atoms with Gasteiger partial charge in [-0.15, -0.1) is 0 Å². The van der Waals surface area contributed by atoms with Crippen molar-refractivity contribution in [3.05, 3.63) is 77.9 Å². The van der Waals surface area contributed by atoms with Gasteiger partial charge in [-0.2, -0.15) is 0 Å². The van der Waals surface area contributed by atoms with E-state index in [9.17, 15) is 13.2 Å². The summed E-state index contributed by atoms with van der Waals surface area (Å²) in [6, 6.07) is 14.0. The van der Waals surface area contributed by atoms with E-state index >= 15 is 0 Å². The molecule has 1 amide bonds. The fourth-order valence-electron chi connectivity index (χ4n) is 3.58. The van der Waals surface area contributed by atoms with Crippen molar-refractivity contribution in [1.29, 1.82) is 0 Å². The molecule has 1 N–H and O–H groups in total. The van der Waals surface area contributed by atoms with E-state index in [1.54, 1.807) is 25.3 Å². The summed E-state index contributed by atoms with van der Waals surface area (Å²) in [5.41, 5.74) is 3.32. The summed E-state index contributed by atoms with van der Waals surface area (Å²) in [6.07, 6.45) is 5.06. The molecule has 0 bridgehead atoms. The molecule has 0 aliphatic rings. The highest BCUT2D eigenvalue weighted by atomic mass is 32.2. The van der Waals surface area contributed by atoms with Crippen molar-refractivity contribution in [1.82, 2.24) is 14.9 Å². The Kier molecular flexibility index (Phi) is 6.80. The van der Waals surface area contributed by atoms with Crippen molar-refractivity contribution < 1.29 is 13.2 Å². The van der Waals surface area contributed by atoms with Crippen LogP contribution in [0.25, 0.3) is 5.69 Å². The molecule has 0 saturated carbocycles. The largest absolute Gasteiger partial charge is 0.350 e. The summed E-state index contributed by atoms with van der Waals surface area (Å²) in [7, 11) is -3.66. The third-order valence-corrected chi connectivity index (χ3v) is 6.33. The normalized spacial score (nSPS) is 12.4. The second-order valence-corrected chi connectivity index (χ2v) is 9.37. The number of aromatic nitrogens is 2. The number of sulfonamides is 1. The van der Waals surface area contributed by atoms with Crippen LogP contribution in [0.15, 0.2) is 60.9 Å². The number of nitrogens with one attached hydrogen (secondary N) is 1. The van der Waals surface area contributed by atoms with Crippen LogP contribution in [0.3, 0.4) is 0 Å². The van der Waals surface area contributed by atoms with Crippen LogP contribution >= 0.6 is 0 Å². The first-order valence-corrected chi connectivity index (χ1v) is 12.0. The SMILES string of the molecule is CC[C@H](C(=O)NCc1ccccc1-n1ccnc1C)N(c1ccc(C)cc1)S(C)(=O)=O. The average molecular weight is 441 g/mol. The third kappa shape index (κ3) is 5.14. The van der Waals surface area contributed by atoms with Crippen molar-refractivity contribution in [2.75, 3.05) is 10.6 Å². The molecule has 1 atom stereocenters. The molecule has 2 aromatic carbocycles. The van der Waals surface area contributed by atoms with Crippen LogP contribution < -0.4 is 9.62 Å². The molecule has 0 aliphatic heterocycles. The lowest BCUT2D eigenvalue weighted by atomic mass is 10.1. The predicted octanol–water partition coefficient (Wildman–Crippen LogP) is 3.35. The van der Waals surface area contributed by atoms with Gasteiger partial charge in [-0.1, -0.05) is 42.8 Å². The molecule has 0 unspecified atom stereocenters. The summed E-state index contributed by atoms with van der Waals surface area (Å²) in [5.74, 6) is 0.499. The molecule has 1 heterocycles. The highest BCUT2D eigenvalue weighted by molar-refractivity contribution is 7.92. The molecule has 0 aliphatic carbocycles. The van der Waals surface area contributed by atoms with Crippen molar-refractivity contribution >= 4 is 21.6 Å². The molecule has 8 heteroatoms. The van der Waals surface area contributed by atoms with E-state index in [1.807, 2.05) is 61.0 Å². The zero-order valence-corrected chi connectivity index (χ0v) is 19.1. The standard InChI is InChI=1S/C23H28N4O3S/c1-5-21(27(31(4,29)30)20-12-10-17(2)11-13-20)23(28)25-16-19-8-6-7-9-22(19)26-15-14-24-18(26)3/h6-15,21H,5,16H2,1-4H3,(H,25,28)/t21-/m1/s1. The quantitative estimate of drug-likeness (QED) is 0.582. The van der Waals surface area contributed by atoms with Crippen LogP contribution in [0.4, 0.5) is 5.69 Å². The third-order valence-electron chi connectivity index (χ3n) is 5.15. The molecular formula is C23H28N4O3S. The van der Waals surface area contributed by atoms with Crippen LogP contribution in [0.5, 0.6) is 0 Å². The molecule has 0 spiro atoms. The molecule has 1 aromatic heterocycles. The van der Waals surface area contributed by atoms with Crippen LogP contribution in [0.1, 0.15) is 30.3 Å². The number of anilines is 1. The zero-order chi connectivity index (χ0) is 22.6. The van der Waals surface area contributed by atoms with E-state index in [0.29, 0.717) is 12.1 Å². The van der Waals surface area contributed by atoms with Gasteiger partial charge in [0.15, 0.2) is 0 Å². The Hall–Kier alpha value is -3.13. The van der Waals surface area contributed by atoms with E-state index in [0.717, 1.165) is 28.9 Å². The molecular weight excluding hydrogens is 412 g/mol. The minimum atomic E-state index is -3.66. The summed E-state index contributed by atoms with van der Waals surface area (Å²) < 4.78 is 28.3. The zero-order valence-electron chi connectivity index (χ0n) is 18.2. The fraction of sp³-hybridized carbons (Fsp3) is 0.304. The smallest absolute Gasteiger partial charge is 0.244 e. The first-order chi connectivity index (χ1) is 14.7. The van der Waals surface area contributed by atoms with Gasteiger partial charge in [0.1, 0.15) is 11.9 Å². The van der Waals surface area contributed by atoms with Crippen LogP contribution in [-0.4, -0.2) is 36.2 Å². The van der Waals surface area contributed by atoms with Crippen molar-refractivity contribution in [2.24, 2.45) is 0 Å². The Morgan fingerprint density at radius 3 is 2.39 bits per heavy atom. The summed E-state index contributed by atoms with van der Waals surface area (Å²) >= 11 is 0. The van der Waals surface area contributed by atoms with E-state index in [1.165, 1.54) is 4.31 Å². The van der Waals surface area contributed by atoms with Gasteiger partial charge in [-0.05, 0) is 44.0 Å². The summed E-state index contributed by atoms with van der Waals surface area (Å²) in [4.78, 5) is 17.4. The molecule has 0 radical (unpaired) electrons. The van der Waals surface area contributed by atoms with Gasteiger partial charge in [-0.3, -0.25) is 9.10 Å². The van der Waals surface area contributed by atoms with Crippen LogP contribution in [0.2, 0.25) is 0 Å². The maximum absolute atomic E-state index is 13.1. The number of imidazole rings is 1. The van der Waals surface area contributed by atoms with Crippen molar-refractivity contribution in [3.63, 3.8) is 0 Å². The maximum atomic E-state index is 13.1. The monoisotopic (exact) mass is 440 g/mol. The Balaban J connectivity index is 1.85. The number of rotatable bonds is 8. The molecule has 0 fully saturated rings. The molecule has 3 aromatic rings. The molecule has 3 rings (SSSR count). The van der Waals surface area contributed by atoms with E-state index in [-0.39, 0.29) is 12.5 Å². The minimum Gasteiger partial charge on any atom is -0.350 e. The Labute approximate surface area is 183 Å². The average Bonchev–Trinajstić information content (AvgIpc) is 3.16. The Morgan fingerprint density at radius 2 is 1.81 bits per heavy atom. The number of carbonyl (C=O) groups is 1. The lowest BCUT2D eigenvalue weighted by Crippen LogP contribution is -2.49. The summed E-state index contributed by atoms with van der Waals surface area (Å²) in [6.45, 7) is 5.92. The van der Waals surface area contributed by atoms with Crippen molar-refractivity contribution in [2.45, 2.75) is 39.8 Å². The minimum absolute atomic E-state index is 0.272. The Bertz CT molecular complexity index is 1150. The lowest BCUT2D eigenvalue weighted by molar-refractivity contribution is -0.122. The molecule has 31 heavy (non-hydrogen) atoms. The number of aryl methyl sites for hydroxylation is 2. The van der Waals surface area contributed by atoms with Gasteiger partial charge in [-0.25, -0.2) is 13.4 Å². The van der Waals surface area contributed by atoms with Crippen LogP contribution in [-0.2, 0) is 21.4 Å². The number of benzene rings is 2. The highest BCUT2D eigenvalue weighted by Gasteiger charge is 2.31. The van der Waals surface area contributed by atoms with E-state index < -0.39 is 16.1 Å². The van der Waals surface area contributed by atoms with Crippen LogP contribution in [0, 0.1) is 13.8 Å². The predicted molar refractivity (Wildman–Crippen MR) is 123 cm³/mol. The topological polar surface area (TPSA) is 84.3 Å². The van der Waals surface area contributed by atoms with E-state index in [2.05, 4.69) is 10.3 Å². The van der Waals surface area contributed by atoms with Gasteiger partial charge in [0.2, 0.25) is 15.9 Å². The van der Waals surface area contributed by atoms with Crippen molar-refractivity contribution in [3.8, 4) is 5.69 Å².